The minimum absolute atomic E-state index is 0.0116. The smallest absolute Gasteiger partial charge is 0.263 e. The van der Waals surface area contributed by atoms with E-state index in [0.717, 1.165) is 5.56 Å². The number of carbonyl (C=O) groups excluding carboxylic acids is 1. The molecule has 7 heteroatoms. The number of nitrogens with one attached hydrogen (secondary N) is 2. The van der Waals surface area contributed by atoms with Crippen molar-refractivity contribution in [2.45, 2.75) is 13.0 Å². The number of hydrogen-bond donors (Lipinski definition) is 2. The first kappa shape index (κ1) is 18.7. The van der Waals surface area contributed by atoms with Crippen LogP contribution >= 0.6 is 11.6 Å². The number of alkyl halides is 1. The van der Waals surface area contributed by atoms with Crippen molar-refractivity contribution in [3.63, 3.8) is 0 Å². The zero-order valence-electron chi connectivity index (χ0n) is 13.4. The monoisotopic (exact) mass is 337 g/mol. The second-order valence-corrected chi connectivity index (χ2v) is 5.00. The molecule has 0 saturated carbocycles. The van der Waals surface area contributed by atoms with Crippen LogP contribution in [0.15, 0.2) is 30.0 Å². The normalized spacial score (nSPS) is 12.0. The molecule has 0 aliphatic heterocycles. The number of amides is 1. The van der Waals surface area contributed by atoms with Gasteiger partial charge in [-0.2, -0.15) is 5.26 Å². The highest BCUT2D eigenvalue weighted by atomic mass is 35.5. The standard InChI is InChI=1S/C16H20ClN3O3/c1-11(12-4-5-14(22-2)15(8-12)23-3)20-16(21)13(9-18)10-19-7-6-17/h4-5,8,10-11,19H,6-7H2,1-3H3,(H,20,21)/b13-10-. The van der Waals surface area contributed by atoms with E-state index in [0.29, 0.717) is 23.9 Å². The first-order chi connectivity index (χ1) is 11.1. The zero-order valence-corrected chi connectivity index (χ0v) is 14.1. The summed E-state index contributed by atoms with van der Waals surface area (Å²) in [4.78, 5) is 12.1. The number of halogens is 1. The molecule has 0 heterocycles. The van der Waals surface area contributed by atoms with E-state index in [2.05, 4.69) is 10.6 Å². The average Bonchev–Trinajstić information content (AvgIpc) is 2.57. The molecular formula is C16H20ClN3O3. The molecule has 0 bridgehead atoms. The lowest BCUT2D eigenvalue weighted by Gasteiger charge is -2.16. The molecule has 0 aliphatic carbocycles. The van der Waals surface area contributed by atoms with Crippen LogP contribution in [0, 0.1) is 11.3 Å². The number of ether oxygens (including phenoxy) is 2. The molecule has 6 nitrogen and oxygen atoms in total. The third-order valence-electron chi connectivity index (χ3n) is 3.11. The van der Waals surface area contributed by atoms with E-state index in [1.807, 2.05) is 19.1 Å². The van der Waals surface area contributed by atoms with Gasteiger partial charge >= 0.3 is 0 Å². The summed E-state index contributed by atoms with van der Waals surface area (Å²) in [6.07, 6.45) is 1.36. The molecule has 1 aromatic rings. The summed E-state index contributed by atoms with van der Waals surface area (Å²) in [6.45, 7) is 2.30. The van der Waals surface area contributed by atoms with Crippen molar-refractivity contribution in [1.29, 1.82) is 5.26 Å². The first-order valence-corrected chi connectivity index (χ1v) is 7.53. The predicted molar refractivity (Wildman–Crippen MR) is 88.5 cm³/mol. The number of carbonyl (C=O) groups is 1. The van der Waals surface area contributed by atoms with E-state index in [1.54, 1.807) is 26.4 Å². The van der Waals surface area contributed by atoms with E-state index in [-0.39, 0.29) is 11.6 Å². The van der Waals surface area contributed by atoms with Crippen molar-refractivity contribution in [1.82, 2.24) is 10.6 Å². The van der Waals surface area contributed by atoms with Crippen molar-refractivity contribution < 1.29 is 14.3 Å². The van der Waals surface area contributed by atoms with Crippen molar-refractivity contribution in [3.8, 4) is 17.6 Å². The third-order valence-corrected chi connectivity index (χ3v) is 3.29. The fourth-order valence-corrected chi connectivity index (χ4v) is 1.97. The quantitative estimate of drug-likeness (QED) is 0.328. The lowest BCUT2D eigenvalue weighted by atomic mass is 10.1. The van der Waals surface area contributed by atoms with Crippen molar-refractivity contribution >= 4 is 17.5 Å². The molecule has 0 spiro atoms. The highest BCUT2D eigenvalue weighted by Gasteiger charge is 2.15. The molecule has 0 saturated heterocycles. The Morgan fingerprint density at radius 2 is 2.09 bits per heavy atom. The number of benzene rings is 1. The molecule has 1 unspecified atom stereocenters. The zero-order chi connectivity index (χ0) is 17.2. The van der Waals surface area contributed by atoms with Gasteiger partial charge in [-0.15, -0.1) is 11.6 Å². The summed E-state index contributed by atoms with van der Waals surface area (Å²) in [6, 6.07) is 6.93. The van der Waals surface area contributed by atoms with E-state index >= 15 is 0 Å². The number of hydrogen-bond acceptors (Lipinski definition) is 5. The highest BCUT2D eigenvalue weighted by molar-refractivity contribution is 6.18. The third kappa shape index (κ3) is 5.38. The van der Waals surface area contributed by atoms with Gasteiger partial charge in [0.25, 0.3) is 5.91 Å². The molecule has 0 radical (unpaired) electrons. The maximum absolute atomic E-state index is 12.1. The van der Waals surface area contributed by atoms with Crippen LogP contribution in [0.4, 0.5) is 0 Å². The first-order valence-electron chi connectivity index (χ1n) is 6.99. The minimum atomic E-state index is -0.461. The van der Waals surface area contributed by atoms with Crippen molar-refractivity contribution in [2.75, 3.05) is 26.6 Å². The molecule has 2 N–H and O–H groups in total. The molecule has 1 amide bonds. The summed E-state index contributed by atoms with van der Waals surface area (Å²) < 4.78 is 10.4. The number of methoxy groups -OCH3 is 2. The Kier molecular flexibility index (Phi) is 7.78. The predicted octanol–water partition coefficient (Wildman–Crippen LogP) is 2.12. The molecule has 0 aliphatic rings. The van der Waals surface area contributed by atoms with Gasteiger partial charge < -0.3 is 20.1 Å². The van der Waals surface area contributed by atoms with Crippen molar-refractivity contribution in [3.05, 3.63) is 35.5 Å². The van der Waals surface area contributed by atoms with E-state index in [9.17, 15) is 4.79 Å². The van der Waals surface area contributed by atoms with Crippen LogP contribution in [0.2, 0.25) is 0 Å². The fourth-order valence-electron chi connectivity index (χ4n) is 1.86. The fraction of sp³-hybridized carbons (Fsp3) is 0.375. The topological polar surface area (TPSA) is 83.4 Å². The van der Waals surface area contributed by atoms with Gasteiger partial charge in [-0.3, -0.25) is 4.79 Å². The van der Waals surface area contributed by atoms with Crippen LogP contribution in [-0.4, -0.2) is 32.6 Å². The van der Waals surface area contributed by atoms with Gasteiger partial charge in [-0.1, -0.05) is 6.07 Å². The number of nitriles is 1. The molecule has 1 aromatic carbocycles. The lowest BCUT2D eigenvalue weighted by Crippen LogP contribution is -2.28. The minimum Gasteiger partial charge on any atom is -0.493 e. The van der Waals surface area contributed by atoms with E-state index in [4.69, 9.17) is 26.3 Å². The highest BCUT2D eigenvalue weighted by Crippen LogP contribution is 2.29. The SMILES string of the molecule is COc1ccc(C(C)NC(=O)/C(C#N)=C\NCCCl)cc1OC. The molecule has 23 heavy (non-hydrogen) atoms. The summed E-state index contributed by atoms with van der Waals surface area (Å²) in [5.74, 6) is 1.11. The molecule has 0 aromatic heterocycles. The molecule has 1 rings (SSSR count). The largest absolute Gasteiger partial charge is 0.493 e. The average molecular weight is 338 g/mol. The Morgan fingerprint density at radius 3 is 2.65 bits per heavy atom. The van der Waals surface area contributed by atoms with Crippen LogP contribution in [0.1, 0.15) is 18.5 Å². The van der Waals surface area contributed by atoms with Gasteiger partial charge in [-0.25, -0.2) is 0 Å². The summed E-state index contributed by atoms with van der Waals surface area (Å²) >= 11 is 5.53. The van der Waals surface area contributed by atoms with Crippen LogP contribution in [0.5, 0.6) is 11.5 Å². The molecule has 124 valence electrons. The molecule has 1 atom stereocenters. The van der Waals surface area contributed by atoms with Gasteiger partial charge in [0.1, 0.15) is 11.6 Å². The second kappa shape index (κ2) is 9.59. The summed E-state index contributed by atoms with van der Waals surface area (Å²) in [5.41, 5.74) is 0.824. The maximum Gasteiger partial charge on any atom is 0.263 e. The van der Waals surface area contributed by atoms with Gasteiger partial charge in [0.05, 0.1) is 20.3 Å². The maximum atomic E-state index is 12.1. The second-order valence-electron chi connectivity index (χ2n) is 4.62. The van der Waals surface area contributed by atoms with Crippen LogP contribution < -0.4 is 20.1 Å². The van der Waals surface area contributed by atoms with Crippen molar-refractivity contribution in [2.24, 2.45) is 0 Å². The lowest BCUT2D eigenvalue weighted by molar-refractivity contribution is -0.117. The Bertz CT molecular complexity index is 611. The van der Waals surface area contributed by atoms with E-state index in [1.165, 1.54) is 6.20 Å². The van der Waals surface area contributed by atoms with Crippen LogP contribution in [0.3, 0.4) is 0 Å². The van der Waals surface area contributed by atoms with Gasteiger partial charge in [-0.05, 0) is 24.6 Å². The number of nitrogens with zero attached hydrogens (tertiary/aromatic N) is 1. The Morgan fingerprint density at radius 1 is 1.39 bits per heavy atom. The molecule has 0 fully saturated rings. The van der Waals surface area contributed by atoms with Gasteiger partial charge in [0, 0.05) is 18.6 Å². The van der Waals surface area contributed by atoms with Gasteiger partial charge in [0.15, 0.2) is 11.5 Å². The Labute approximate surface area is 141 Å². The van der Waals surface area contributed by atoms with Gasteiger partial charge in [0.2, 0.25) is 0 Å². The van der Waals surface area contributed by atoms with E-state index < -0.39 is 5.91 Å². The Balaban J connectivity index is 2.82. The summed E-state index contributed by atoms with van der Waals surface area (Å²) in [7, 11) is 3.10. The molecular weight excluding hydrogens is 318 g/mol. The summed E-state index contributed by atoms with van der Waals surface area (Å²) in [5, 5.41) is 14.6. The van der Waals surface area contributed by atoms with Crippen LogP contribution in [-0.2, 0) is 4.79 Å². The number of rotatable bonds is 8. The Hall–Kier alpha value is -2.39. The van der Waals surface area contributed by atoms with Crippen LogP contribution in [0.25, 0.3) is 0 Å².